The van der Waals surface area contributed by atoms with Gasteiger partial charge >= 0.3 is 5.97 Å². The van der Waals surface area contributed by atoms with Crippen LogP contribution in [0.5, 0.6) is 0 Å². The fourth-order valence-corrected chi connectivity index (χ4v) is 3.56. The summed E-state index contributed by atoms with van der Waals surface area (Å²) in [4.78, 5) is 38.2. The van der Waals surface area contributed by atoms with E-state index in [0.717, 1.165) is 16.8 Å². The monoisotopic (exact) mass is 398 g/mol. The topological polar surface area (TPSA) is 86.7 Å². The number of carboxylic acid groups (broad SMARTS) is 1. The van der Waals surface area contributed by atoms with Gasteiger partial charge in [0.05, 0.1) is 18.4 Å². The highest BCUT2D eigenvalue weighted by molar-refractivity contribution is 6.01. The maximum absolute atomic E-state index is 13.2. The average Bonchev–Trinajstić information content (AvgIpc) is 3.05. The van der Waals surface area contributed by atoms with Crippen molar-refractivity contribution in [2.45, 2.75) is 32.7 Å². The molecule has 2 N–H and O–H groups in total. The minimum Gasteiger partial charge on any atom is -0.481 e. The largest absolute Gasteiger partial charge is 0.481 e. The van der Waals surface area contributed by atoms with Crippen LogP contribution in [0.4, 0.5) is 10.1 Å². The van der Waals surface area contributed by atoms with Crippen LogP contribution in [0.15, 0.2) is 42.5 Å². The molecule has 0 radical (unpaired) electrons. The molecule has 1 aliphatic heterocycles. The molecule has 2 amide bonds. The highest BCUT2D eigenvalue weighted by Crippen LogP contribution is 2.30. The Labute approximate surface area is 168 Å². The number of aryl methyl sites for hydroxylation is 1. The summed E-state index contributed by atoms with van der Waals surface area (Å²) in [6, 6.07) is 10.2. The Hall–Kier alpha value is -3.22. The number of nitrogens with one attached hydrogen (secondary N) is 1. The number of amides is 2. The Morgan fingerprint density at radius 3 is 2.55 bits per heavy atom. The Balaban J connectivity index is 1.75. The van der Waals surface area contributed by atoms with Gasteiger partial charge < -0.3 is 15.3 Å². The molecule has 1 fully saturated rings. The van der Waals surface area contributed by atoms with E-state index in [-0.39, 0.29) is 31.2 Å². The molecule has 7 heteroatoms. The maximum atomic E-state index is 13.2. The lowest BCUT2D eigenvalue weighted by Crippen LogP contribution is -2.36. The van der Waals surface area contributed by atoms with Crippen LogP contribution in [-0.4, -0.2) is 29.4 Å². The molecule has 1 heterocycles. The van der Waals surface area contributed by atoms with Crippen molar-refractivity contribution < 1.29 is 23.9 Å². The lowest BCUT2D eigenvalue weighted by molar-refractivity contribution is -0.138. The van der Waals surface area contributed by atoms with E-state index >= 15 is 0 Å². The van der Waals surface area contributed by atoms with Crippen molar-refractivity contribution in [2.24, 2.45) is 5.92 Å². The summed E-state index contributed by atoms with van der Waals surface area (Å²) in [5.74, 6) is -2.64. The molecule has 0 saturated carbocycles. The van der Waals surface area contributed by atoms with Crippen LogP contribution in [0.25, 0.3) is 0 Å². The number of carbonyl (C=O) groups excluding carboxylic acids is 2. The van der Waals surface area contributed by atoms with E-state index in [2.05, 4.69) is 5.32 Å². The van der Waals surface area contributed by atoms with Crippen molar-refractivity contribution in [3.63, 3.8) is 0 Å². The van der Waals surface area contributed by atoms with Gasteiger partial charge in [-0.3, -0.25) is 14.4 Å². The van der Waals surface area contributed by atoms with Crippen molar-refractivity contribution >= 4 is 23.5 Å². The molecule has 6 nitrogen and oxygen atoms in total. The number of nitrogens with zero attached hydrogens (tertiary/aromatic N) is 1. The number of hydrogen-bond donors (Lipinski definition) is 2. The fraction of sp³-hybridized carbons (Fsp3) is 0.318. The molecule has 29 heavy (non-hydrogen) atoms. The van der Waals surface area contributed by atoms with Crippen LogP contribution in [-0.2, 0) is 14.4 Å². The molecule has 2 aromatic carbocycles. The predicted octanol–water partition coefficient (Wildman–Crippen LogP) is 3.13. The summed E-state index contributed by atoms with van der Waals surface area (Å²) in [5, 5.41) is 11.9. The predicted molar refractivity (Wildman–Crippen MR) is 106 cm³/mol. The maximum Gasteiger partial charge on any atom is 0.305 e. The number of rotatable bonds is 6. The van der Waals surface area contributed by atoms with E-state index in [1.165, 1.54) is 24.3 Å². The second kappa shape index (κ2) is 8.43. The lowest BCUT2D eigenvalue weighted by atomic mass is 10.0. The second-order valence-electron chi connectivity index (χ2n) is 7.34. The number of hydrogen-bond acceptors (Lipinski definition) is 3. The van der Waals surface area contributed by atoms with Crippen molar-refractivity contribution in [3.05, 3.63) is 65.0 Å². The normalized spacial score (nSPS) is 17.3. The van der Waals surface area contributed by atoms with Gasteiger partial charge in [0.2, 0.25) is 11.8 Å². The van der Waals surface area contributed by atoms with Gasteiger partial charge in [-0.05, 0) is 48.7 Å². The van der Waals surface area contributed by atoms with Crippen LogP contribution in [0.3, 0.4) is 0 Å². The van der Waals surface area contributed by atoms with Crippen LogP contribution in [0, 0.1) is 25.6 Å². The molecule has 1 aliphatic rings. The summed E-state index contributed by atoms with van der Waals surface area (Å²) in [7, 11) is 0. The third-order valence-electron chi connectivity index (χ3n) is 5.33. The zero-order chi connectivity index (χ0) is 21.1. The molecule has 152 valence electrons. The Bertz CT molecular complexity index is 942. The van der Waals surface area contributed by atoms with Gasteiger partial charge in [0.25, 0.3) is 0 Å². The number of anilines is 1. The first-order valence-electron chi connectivity index (χ1n) is 9.40. The first-order valence-corrected chi connectivity index (χ1v) is 9.40. The number of aliphatic carboxylic acids is 1. The third-order valence-corrected chi connectivity index (χ3v) is 5.33. The molecule has 0 spiro atoms. The van der Waals surface area contributed by atoms with E-state index in [0.29, 0.717) is 5.56 Å². The van der Waals surface area contributed by atoms with Crippen LogP contribution >= 0.6 is 0 Å². The van der Waals surface area contributed by atoms with Gasteiger partial charge in [-0.15, -0.1) is 0 Å². The molecule has 2 atom stereocenters. The van der Waals surface area contributed by atoms with Crippen molar-refractivity contribution in [3.8, 4) is 0 Å². The molecule has 2 unspecified atom stereocenters. The van der Waals surface area contributed by atoms with Crippen molar-refractivity contribution in [1.29, 1.82) is 0 Å². The fourth-order valence-electron chi connectivity index (χ4n) is 3.56. The summed E-state index contributed by atoms with van der Waals surface area (Å²) in [6.45, 7) is 4.13. The molecule has 2 aromatic rings. The van der Waals surface area contributed by atoms with E-state index in [9.17, 15) is 23.9 Å². The third kappa shape index (κ3) is 4.62. The number of halogens is 1. The summed E-state index contributed by atoms with van der Waals surface area (Å²) in [5.41, 5.74) is 3.32. The van der Waals surface area contributed by atoms with Gasteiger partial charge in [-0.1, -0.05) is 24.3 Å². The van der Waals surface area contributed by atoms with E-state index < -0.39 is 23.7 Å². The summed E-state index contributed by atoms with van der Waals surface area (Å²) < 4.78 is 13.2. The highest BCUT2D eigenvalue weighted by Gasteiger charge is 2.36. The molecule has 0 aromatic heterocycles. The molecule has 1 saturated heterocycles. The molecular formula is C22H23FN2O4. The number of carbonyl (C=O) groups is 3. The van der Waals surface area contributed by atoms with Crippen LogP contribution in [0.1, 0.15) is 35.6 Å². The first-order chi connectivity index (χ1) is 13.8. The average molecular weight is 398 g/mol. The Morgan fingerprint density at radius 1 is 1.21 bits per heavy atom. The molecular weight excluding hydrogens is 375 g/mol. The van der Waals surface area contributed by atoms with Crippen molar-refractivity contribution in [2.75, 3.05) is 11.4 Å². The minimum atomic E-state index is -1.08. The zero-order valence-corrected chi connectivity index (χ0v) is 16.3. The van der Waals surface area contributed by atoms with Gasteiger partial charge in [0.1, 0.15) is 5.82 Å². The van der Waals surface area contributed by atoms with E-state index in [1.807, 2.05) is 32.0 Å². The van der Waals surface area contributed by atoms with Crippen molar-refractivity contribution in [1.82, 2.24) is 5.32 Å². The number of benzene rings is 2. The first kappa shape index (κ1) is 20.5. The van der Waals surface area contributed by atoms with Crippen LogP contribution in [0.2, 0.25) is 0 Å². The number of carboxylic acids is 1. The summed E-state index contributed by atoms with van der Waals surface area (Å²) in [6.07, 6.45) is -0.277. The van der Waals surface area contributed by atoms with Gasteiger partial charge in [0.15, 0.2) is 0 Å². The van der Waals surface area contributed by atoms with Gasteiger partial charge in [-0.2, -0.15) is 0 Å². The smallest absolute Gasteiger partial charge is 0.305 e. The zero-order valence-electron chi connectivity index (χ0n) is 16.3. The van der Waals surface area contributed by atoms with Gasteiger partial charge in [0, 0.05) is 18.7 Å². The molecule has 0 bridgehead atoms. The summed E-state index contributed by atoms with van der Waals surface area (Å²) >= 11 is 0. The molecule has 3 rings (SSSR count). The molecule has 0 aliphatic carbocycles. The SMILES string of the molecule is Cc1cccc(N2CC(C(=O)NC(CC(=O)O)c3ccc(F)cc3)CC2=O)c1C. The quantitative estimate of drug-likeness (QED) is 0.783. The second-order valence-corrected chi connectivity index (χ2v) is 7.34. The minimum absolute atomic E-state index is 0.0580. The Morgan fingerprint density at radius 2 is 1.90 bits per heavy atom. The standard InChI is InChI=1S/C22H23FN2O4/c1-13-4-3-5-19(14(13)2)25-12-16(10-20(25)26)22(29)24-18(11-21(27)28)15-6-8-17(23)9-7-15/h3-9,16,18H,10-12H2,1-2H3,(H,24,29)(H,27,28). The van der Waals surface area contributed by atoms with E-state index in [4.69, 9.17) is 0 Å². The Kier molecular flexibility index (Phi) is 5.96. The lowest BCUT2D eigenvalue weighted by Gasteiger charge is -2.22. The van der Waals surface area contributed by atoms with E-state index in [1.54, 1.807) is 4.90 Å². The van der Waals surface area contributed by atoms with Crippen LogP contribution < -0.4 is 10.2 Å². The van der Waals surface area contributed by atoms with Gasteiger partial charge in [-0.25, -0.2) is 4.39 Å². The highest BCUT2D eigenvalue weighted by atomic mass is 19.1.